The van der Waals surface area contributed by atoms with Crippen molar-refractivity contribution in [3.63, 3.8) is 0 Å². The fourth-order valence-electron chi connectivity index (χ4n) is 6.02. The molecule has 252 valence electrons. The maximum absolute atomic E-state index is 13.4. The molecule has 4 heterocycles. The number of anilines is 1. The van der Waals surface area contributed by atoms with E-state index in [1.807, 2.05) is 34.6 Å². The molecule has 0 unspecified atom stereocenters. The Balaban J connectivity index is 1.34. The van der Waals surface area contributed by atoms with Gasteiger partial charge in [-0.3, -0.25) is 4.79 Å². The molecule has 0 radical (unpaired) electrons. The molecule has 2 aromatic heterocycles. The lowest BCUT2D eigenvalue weighted by Gasteiger charge is -2.37. The standard InChI is InChI=1S/C34H44N6O7/c1-32(2,3)47-31(43)37-23-9-8-12-40(18-23)25-15-26-22(17-34(6,7)46-26)13-21(25)16-33(4,5)39-28(41)24-19-44-29(38-24)20-10-11-36-27(14-20)45-30(35)42/h10-11,13-15,19,23H,8-9,12,16-18H2,1-7H3,(H2,35,42)(H,37,43)(H,39,41)/t23-/m1/s1. The zero-order chi connectivity index (χ0) is 34.1. The summed E-state index contributed by atoms with van der Waals surface area (Å²) in [7, 11) is 0. The van der Waals surface area contributed by atoms with E-state index in [-0.39, 0.29) is 29.1 Å². The van der Waals surface area contributed by atoms with Crippen LogP contribution in [-0.2, 0) is 17.6 Å². The summed E-state index contributed by atoms with van der Waals surface area (Å²) in [6.07, 6.45) is 4.31. The smallest absolute Gasteiger partial charge is 0.411 e. The summed E-state index contributed by atoms with van der Waals surface area (Å²) in [5.74, 6) is 0.598. The molecule has 1 atom stereocenters. The fourth-order valence-corrected chi connectivity index (χ4v) is 6.02. The lowest BCUT2D eigenvalue weighted by molar-refractivity contribution is 0.0499. The summed E-state index contributed by atoms with van der Waals surface area (Å²) in [4.78, 5) is 47.6. The predicted octanol–water partition coefficient (Wildman–Crippen LogP) is 5.15. The summed E-state index contributed by atoms with van der Waals surface area (Å²) < 4.78 is 22.2. The van der Waals surface area contributed by atoms with E-state index in [1.54, 1.807) is 6.07 Å². The van der Waals surface area contributed by atoms with Crippen LogP contribution in [0.15, 0.2) is 41.1 Å². The monoisotopic (exact) mass is 648 g/mol. The Labute approximate surface area is 274 Å². The van der Waals surface area contributed by atoms with E-state index in [4.69, 9.17) is 24.4 Å². The Morgan fingerprint density at radius 2 is 1.91 bits per heavy atom. The number of carbonyl (C=O) groups excluding carboxylic acids is 3. The van der Waals surface area contributed by atoms with E-state index in [0.29, 0.717) is 18.5 Å². The van der Waals surface area contributed by atoms with Crippen molar-refractivity contribution < 1.29 is 33.0 Å². The zero-order valence-electron chi connectivity index (χ0n) is 28.1. The molecule has 5 rings (SSSR count). The molecule has 13 nitrogen and oxygen atoms in total. The molecule has 0 bridgehead atoms. The highest BCUT2D eigenvalue weighted by Gasteiger charge is 2.34. The van der Waals surface area contributed by atoms with Gasteiger partial charge in [-0.25, -0.2) is 19.6 Å². The van der Waals surface area contributed by atoms with Gasteiger partial charge in [-0.15, -0.1) is 0 Å². The molecule has 47 heavy (non-hydrogen) atoms. The first-order valence-electron chi connectivity index (χ1n) is 15.8. The van der Waals surface area contributed by atoms with Crippen LogP contribution >= 0.6 is 0 Å². The van der Waals surface area contributed by atoms with E-state index >= 15 is 0 Å². The first kappa shape index (κ1) is 33.6. The number of ether oxygens (including phenoxy) is 3. The third-order valence-electron chi connectivity index (χ3n) is 7.76. The Morgan fingerprint density at radius 1 is 1.15 bits per heavy atom. The van der Waals surface area contributed by atoms with Gasteiger partial charge in [0.05, 0.1) is 0 Å². The molecule has 4 N–H and O–H groups in total. The number of hydrogen-bond acceptors (Lipinski definition) is 10. The lowest BCUT2D eigenvalue weighted by atomic mass is 9.90. The van der Waals surface area contributed by atoms with Crippen LogP contribution in [0.25, 0.3) is 11.5 Å². The number of oxazole rings is 1. The number of benzene rings is 1. The zero-order valence-corrected chi connectivity index (χ0v) is 28.1. The minimum absolute atomic E-state index is 0.0140. The van der Waals surface area contributed by atoms with Crippen molar-refractivity contribution in [3.8, 4) is 23.1 Å². The SMILES string of the molecule is CC(C)(Cc1cc2c(cc1N1CCC[C@@H](NC(=O)OC(C)(C)C)C1)OC(C)(C)C2)NC(=O)c1coc(-c2ccnc(OC(N)=O)c2)n1. The summed E-state index contributed by atoms with van der Waals surface area (Å²) in [5, 5.41) is 6.15. The van der Waals surface area contributed by atoms with Gasteiger partial charge in [-0.1, -0.05) is 0 Å². The van der Waals surface area contributed by atoms with Crippen molar-refractivity contribution in [2.45, 2.75) is 96.9 Å². The number of hydrogen-bond donors (Lipinski definition) is 3. The van der Waals surface area contributed by atoms with E-state index in [9.17, 15) is 14.4 Å². The fraction of sp³-hybridized carbons (Fsp3) is 0.500. The Morgan fingerprint density at radius 3 is 2.64 bits per heavy atom. The van der Waals surface area contributed by atoms with Gasteiger partial charge in [-0.2, -0.15) is 0 Å². The number of carbonyl (C=O) groups is 3. The second kappa shape index (κ2) is 12.8. The highest BCUT2D eigenvalue weighted by molar-refractivity contribution is 5.93. The van der Waals surface area contributed by atoms with Gasteiger partial charge < -0.3 is 39.9 Å². The Kier molecular flexibility index (Phi) is 9.11. The number of rotatable bonds is 8. The van der Waals surface area contributed by atoms with Crippen LogP contribution in [0.5, 0.6) is 11.6 Å². The molecular weight excluding hydrogens is 604 g/mol. The third kappa shape index (κ3) is 8.72. The van der Waals surface area contributed by atoms with E-state index < -0.39 is 29.2 Å². The normalized spacial score (nSPS) is 17.3. The van der Waals surface area contributed by atoms with E-state index in [0.717, 1.165) is 48.4 Å². The second-order valence-electron chi connectivity index (χ2n) is 14.4. The Bertz CT molecular complexity index is 1660. The summed E-state index contributed by atoms with van der Waals surface area (Å²) in [6.45, 7) is 15.0. The van der Waals surface area contributed by atoms with Crippen molar-refractivity contribution >= 4 is 23.8 Å². The van der Waals surface area contributed by atoms with Crippen LogP contribution < -0.4 is 30.7 Å². The maximum atomic E-state index is 13.4. The minimum atomic E-state index is -0.996. The number of pyridine rings is 1. The number of fused-ring (bicyclic) bond motifs is 1. The number of alkyl carbamates (subject to hydrolysis) is 1. The lowest BCUT2D eigenvalue weighted by Crippen LogP contribution is -2.49. The van der Waals surface area contributed by atoms with Crippen molar-refractivity contribution in [1.82, 2.24) is 20.6 Å². The van der Waals surface area contributed by atoms with Crippen molar-refractivity contribution in [2.75, 3.05) is 18.0 Å². The van der Waals surface area contributed by atoms with Crippen molar-refractivity contribution in [2.24, 2.45) is 5.73 Å². The molecule has 3 amide bonds. The molecule has 1 fully saturated rings. The van der Waals surface area contributed by atoms with Crippen LogP contribution in [0.1, 0.15) is 82.9 Å². The molecule has 1 saturated heterocycles. The largest absolute Gasteiger partial charge is 0.487 e. The number of primary amides is 1. The first-order valence-corrected chi connectivity index (χ1v) is 15.8. The highest BCUT2D eigenvalue weighted by atomic mass is 16.6. The van der Waals surface area contributed by atoms with Crippen LogP contribution in [0, 0.1) is 0 Å². The number of aromatic nitrogens is 2. The van der Waals surface area contributed by atoms with Crippen molar-refractivity contribution in [3.05, 3.63) is 53.5 Å². The van der Waals surface area contributed by atoms with Gasteiger partial charge in [0, 0.05) is 60.7 Å². The molecule has 2 aliphatic rings. The number of nitrogens with zero attached hydrogens (tertiary/aromatic N) is 3. The average molecular weight is 649 g/mol. The van der Waals surface area contributed by atoms with E-state index in [2.05, 4.69) is 51.5 Å². The van der Waals surface area contributed by atoms with Crippen LogP contribution in [0.4, 0.5) is 15.3 Å². The number of nitrogens with two attached hydrogens (primary N) is 1. The topological polar surface area (TPSA) is 171 Å². The highest BCUT2D eigenvalue weighted by Crippen LogP contribution is 2.41. The quantitative estimate of drug-likeness (QED) is 0.297. The average Bonchev–Trinajstić information content (AvgIpc) is 3.54. The van der Waals surface area contributed by atoms with E-state index in [1.165, 1.54) is 18.5 Å². The van der Waals surface area contributed by atoms with Crippen LogP contribution in [0.2, 0.25) is 0 Å². The molecule has 2 aliphatic heterocycles. The number of nitrogens with one attached hydrogen (secondary N) is 2. The molecule has 0 spiro atoms. The van der Waals surface area contributed by atoms with Gasteiger partial charge in [0.15, 0.2) is 5.69 Å². The molecular formula is C34H44N6O7. The van der Waals surface area contributed by atoms with Gasteiger partial charge in [0.1, 0.15) is 23.2 Å². The minimum Gasteiger partial charge on any atom is -0.487 e. The molecule has 0 saturated carbocycles. The third-order valence-corrected chi connectivity index (χ3v) is 7.76. The van der Waals surface area contributed by atoms with Crippen molar-refractivity contribution in [1.29, 1.82) is 0 Å². The van der Waals surface area contributed by atoms with Gasteiger partial charge in [0.2, 0.25) is 11.8 Å². The Hall–Kier alpha value is -4.81. The number of piperidine rings is 1. The van der Waals surface area contributed by atoms with Gasteiger partial charge >= 0.3 is 12.2 Å². The summed E-state index contributed by atoms with van der Waals surface area (Å²) in [6, 6.07) is 7.25. The van der Waals surface area contributed by atoms with Crippen LogP contribution in [-0.4, -0.2) is 63.9 Å². The molecule has 13 heteroatoms. The second-order valence-corrected chi connectivity index (χ2v) is 14.4. The van der Waals surface area contributed by atoms with Crippen LogP contribution in [0.3, 0.4) is 0 Å². The molecule has 3 aromatic rings. The number of amides is 3. The maximum Gasteiger partial charge on any atom is 0.411 e. The summed E-state index contributed by atoms with van der Waals surface area (Å²) in [5.41, 5.74) is 7.24. The molecule has 1 aromatic carbocycles. The first-order chi connectivity index (χ1) is 22.0. The molecule has 0 aliphatic carbocycles. The predicted molar refractivity (Wildman–Crippen MR) is 175 cm³/mol. The summed E-state index contributed by atoms with van der Waals surface area (Å²) >= 11 is 0. The van der Waals surface area contributed by atoms with Gasteiger partial charge in [-0.05, 0) is 91.0 Å². The van der Waals surface area contributed by atoms with Gasteiger partial charge in [0.25, 0.3) is 5.91 Å².